The first-order chi connectivity index (χ1) is 19.1. The molecule has 4 aromatic rings. The van der Waals surface area contributed by atoms with Crippen molar-refractivity contribution in [3.05, 3.63) is 77.0 Å². The highest BCUT2D eigenvalue weighted by molar-refractivity contribution is 6.00. The number of anilines is 2. The zero-order chi connectivity index (χ0) is 28.4. The lowest BCUT2D eigenvalue weighted by atomic mass is 10.1. The molecule has 0 radical (unpaired) electrons. The van der Waals surface area contributed by atoms with E-state index in [1.54, 1.807) is 43.4 Å². The molecule has 0 saturated carbocycles. The van der Waals surface area contributed by atoms with Crippen LogP contribution in [0.3, 0.4) is 0 Å². The summed E-state index contributed by atoms with van der Waals surface area (Å²) in [6, 6.07) is 11.4. The van der Waals surface area contributed by atoms with Crippen molar-refractivity contribution in [2.45, 2.75) is 18.6 Å². The highest BCUT2D eigenvalue weighted by Crippen LogP contribution is 2.34. The van der Waals surface area contributed by atoms with E-state index in [0.29, 0.717) is 34.3 Å². The quantitative estimate of drug-likeness (QED) is 0.336. The molecule has 5 rings (SSSR count). The standard InChI is InChI=1S/C27H25F3N6O4/c1-35-9-8-18(35)14-39-24-23(10-16(13-31-24)27(28,29)30)34-26(38)33-17-4-3-5-19(11-17)40-20-6-7-22-21(12-20)25(37)36(2)15-32-22/h3-7,10-13,15,18H,8-9,14H2,1-2H3,(H2,33,34,38). The van der Waals surface area contributed by atoms with Crippen LogP contribution in [-0.4, -0.2) is 51.7 Å². The van der Waals surface area contributed by atoms with Crippen molar-refractivity contribution in [2.24, 2.45) is 7.05 Å². The topological polar surface area (TPSA) is 111 Å². The van der Waals surface area contributed by atoms with E-state index in [-0.39, 0.29) is 29.8 Å². The number of nitrogens with zero attached hydrogens (tertiary/aromatic N) is 4. The second-order valence-electron chi connectivity index (χ2n) is 9.36. The van der Waals surface area contributed by atoms with Crippen LogP contribution in [0.4, 0.5) is 29.3 Å². The Kier molecular flexibility index (Phi) is 7.30. The zero-order valence-electron chi connectivity index (χ0n) is 21.5. The summed E-state index contributed by atoms with van der Waals surface area (Å²) >= 11 is 0. The summed E-state index contributed by atoms with van der Waals surface area (Å²) in [5.74, 6) is 0.623. The average molecular weight is 555 g/mol. The van der Waals surface area contributed by atoms with Gasteiger partial charge in [0.2, 0.25) is 5.88 Å². The van der Waals surface area contributed by atoms with E-state index in [1.165, 1.54) is 17.0 Å². The van der Waals surface area contributed by atoms with Gasteiger partial charge in [-0.1, -0.05) is 6.07 Å². The summed E-state index contributed by atoms with van der Waals surface area (Å²) in [7, 11) is 3.51. The Bertz CT molecular complexity index is 1620. The fourth-order valence-corrected chi connectivity index (χ4v) is 4.08. The number of amides is 2. The number of likely N-dealkylation sites (N-methyl/N-ethyl adjacent to an activating group) is 1. The largest absolute Gasteiger partial charge is 0.475 e. The van der Waals surface area contributed by atoms with Crippen molar-refractivity contribution in [1.82, 2.24) is 19.4 Å². The molecule has 3 heterocycles. The van der Waals surface area contributed by atoms with Gasteiger partial charge in [-0.2, -0.15) is 13.2 Å². The second kappa shape index (κ2) is 10.8. The smallest absolute Gasteiger partial charge is 0.417 e. The minimum absolute atomic E-state index is 0.113. The fourth-order valence-electron chi connectivity index (χ4n) is 4.08. The molecule has 208 valence electrons. The number of carbonyl (C=O) groups is 1. The van der Waals surface area contributed by atoms with Gasteiger partial charge in [0.15, 0.2) is 0 Å². The van der Waals surface area contributed by atoms with Gasteiger partial charge >= 0.3 is 12.2 Å². The number of hydrogen-bond donors (Lipinski definition) is 2. The molecule has 2 aromatic heterocycles. The minimum atomic E-state index is -4.65. The zero-order valence-corrected chi connectivity index (χ0v) is 21.5. The first kappa shape index (κ1) is 26.9. The molecule has 2 aromatic carbocycles. The molecule has 2 N–H and O–H groups in total. The normalized spacial score (nSPS) is 15.4. The number of carbonyl (C=O) groups excluding carboxylic acids is 1. The predicted octanol–water partition coefficient (Wildman–Crippen LogP) is 4.87. The van der Waals surface area contributed by atoms with Crippen LogP contribution >= 0.6 is 0 Å². The molecule has 40 heavy (non-hydrogen) atoms. The predicted molar refractivity (Wildman–Crippen MR) is 142 cm³/mol. The molecule has 1 saturated heterocycles. The van der Waals surface area contributed by atoms with Crippen LogP contribution in [0.2, 0.25) is 0 Å². The number of rotatable bonds is 7. The number of ether oxygens (including phenoxy) is 2. The Morgan fingerprint density at radius 3 is 2.60 bits per heavy atom. The molecule has 1 fully saturated rings. The number of aryl methyl sites for hydroxylation is 1. The molecule has 1 unspecified atom stereocenters. The average Bonchev–Trinajstić information content (AvgIpc) is 2.90. The Hall–Kier alpha value is -4.65. The lowest BCUT2D eigenvalue weighted by Gasteiger charge is -2.37. The molecule has 0 aliphatic carbocycles. The van der Waals surface area contributed by atoms with Crippen molar-refractivity contribution < 1.29 is 27.4 Å². The number of fused-ring (bicyclic) bond motifs is 1. The van der Waals surface area contributed by atoms with Gasteiger partial charge in [-0.25, -0.2) is 14.8 Å². The molecule has 1 atom stereocenters. The van der Waals surface area contributed by atoms with E-state index >= 15 is 0 Å². The van der Waals surface area contributed by atoms with E-state index in [9.17, 15) is 22.8 Å². The van der Waals surface area contributed by atoms with Crippen LogP contribution in [0.15, 0.2) is 65.8 Å². The molecule has 0 bridgehead atoms. The molecule has 10 nitrogen and oxygen atoms in total. The van der Waals surface area contributed by atoms with Crippen molar-refractivity contribution in [1.29, 1.82) is 0 Å². The van der Waals surface area contributed by atoms with Gasteiger partial charge < -0.3 is 24.7 Å². The number of halogens is 3. The van der Waals surface area contributed by atoms with E-state index in [4.69, 9.17) is 9.47 Å². The van der Waals surface area contributed by atoms with E-state index < -0.39 is 17.8 Å². The van der Waals surface area contributed by atoms with Crippen molar-refractivity contribution in [3.8, 4) is 17.4 Å². The Morgan fingerprint density at radius 1 is 1.07 bits per heavy atom. The highest BCUT2D eigenvalue weighted by atomic mass is 19.4. The summed E-state index contributed by atoms with van der Waals surface area (Å²) < 4.78 is 52.8. The lowest BCUT2D eigenvalue weighted by Crippen LogP contribution is -2.48. The molecule has 1 aliphatic rings. The summed E-state index contributed by atoms with van der Waals surface area (Å²) in [5, 5.41) is 5.37. The monoisotopic (exact) mass is 554 g/mol. The number of likely N-dealkylation sites (tertiary alicyclic amines) is 1. The number of pyridine rings is 1. The summed E-state index contributed by atoms with van der Waals surface area (Å²) in [4.78, 5) is 35.2. The van der Waals surface area contributed by atoms with Gasteiger partial charge in [-0.3, -0.25) is 9.69 Å². The van der Waals surface area contributed by atoms with Crippen LogP contribution in [0.5, 0.6) is 17.4 Å². The lowest BCUT2D eigenvalue weighted by molar-refractivity contribution is -0.137. The van der Waals surface area contributed by atoms with Gasteiger partial charge in [0, 0.05) is 31.0 Å². The molecule has 1 aliphatic heterocycles. The van der Waals surface area contributed by atoms with Crippen molar-refractivity contribution in [2.75, 3.05) is 30.8 Å². The Morgan fingerprint density at radius 2 is 1.88 bits per heavy atom. The number of alkyl halides is 3. The maximum Gasteiger partial charge on any atom is 0.417 e. The van der Waals surface area contributed by atoms with Crippen LogP contribution in [0.1, 0.15) is 12.0 Å². The summed E-state index contributed by atoms with van der Waals surface area (Å²) in [6.45, 7) is 1.13. The van der Waals surface area contributed by atoms with Crippen molar-refractivity contribution in [3.63, 3.8) is 0 Å². The molecule has 0 spiro atoms. The highest BCUT2D eigenvalue weighted by Gasteiger charge is 2.32. The molecule has 2 amide bonds. The molecule has 13 heteroatoms. The maximum atomic E-state index is 13.3. The van der Waals surface area contributed by atoms with Gasteiger partial charge in [0.1, 0.15) is 23.8 Å². The third kappa shape index (κ3) is 5.99. The number of aromatic nitrogens is 3. The first-order valence-electron chi connectivity index (χ1n) is 12.3. The van der Waals surface area contributed by atoms with Crippen LogP contribution < -0.4 is 25.7 Å². The Labute approximate surface area is 226 Å². The second-order valence-corrected chi connectivity index (χ2v) is 9.36. The number of benzene rings is 2. The first-order valence-corrected chi connectivity index (χ1v) is 12.3. The number of urea groups is 1. The number of nitrogens with one attached hydrogen (secondary N) is 2. The SMILES string of the molecule is CN1CCC1COc1ncc(C(F)(F)F)cc1NC(=O)Nc1cccc(Oc2ccc3ncn(C)c(=O)c3c2)c1. The number of hydrogen-bond acceptors (Lipinski definition) is 7. The van der Waals surface area contributed by atoms with Crippen molar-refractivity contribution >= 4 is 28.3 Å². The van der Waals surface area contributed by atoms with Gasteiger partial charge in [0.05, 0.1) is 22.8 Å². The van der Waals surface area contributed by atoms with Crippen LogP contribution in [0.25, 0.3) is 10.9 Å². The van der Waals surface area contributed by atoms with Gasteiger partial charge in [-0.05, 0) is 56.4 Å². The van der Waals surface area contributed by atoms with Crippen LogP contribution in [-0.2, 0) is 13.2 Å². The summed E-state index contributed by atoms with van der Waals surface area (Å²) in [5.41, 5.74) is -0.629. The van der Waals surface area contributed by atoms with E-state index in [2.05, 4.69) is 20.6 Å². The third-order valence-electron chi connectivity index (χ3n) is 6.49. The summed E-state index contributed by atoms with van der Waals surface area (Å²) in [6.07, 6.45) is -1.65. The van der Waals surface area contributed by atoms with Crippen LogP contribution in [0, 0.1) is 0 Å². The van der Waals surface area contributed by atoms with Gasteiger partial charge in [-0.15, -0.1) is 0 Å². The maximum absolute atomic E-state index is 13.3. The minimum Gasteiger partial charge on any atom is -0.475 e. The molecular weight excluding hydrogens is 529 g/mol. The molecular formula is C27H25F3N6O4. The van der Waals surface area contributed by atoms with Gasteiger partial charge in [0.25, 0.3) is 5.56 Å². The van der Waals surface area contributed by atoms with E-state index in [1.807, 2.05) is 11.9 Å². The fraction of sp³-hybridized carbons (Fsp3) is 0.259. The van der Waals surface area contributed by atoms with E-state index in [0.717, 1.165) is 19.0 Å². The Balaban J connectivity index is 1.30. The third-order valence-corrected chi connectivity index (χ3v) is 6.49.